The molecule has 0 aliphatic carbocycles. The zero-order chi connectivity index (χ0) is 11.2. The van der Waals surface area contributed by atoms with Gasteiger partial charge in [-0.15, -0.1) is 0 Å². The molecule has 5 nitrogen and oxygen atoms in total. The third kappa shape index (κ3) is 6.83. The maximum atomic E-state index is 11.8. The van der Waals surface area contributed by atoms with E-state index >= 15 is 0 Å². The molecule has 9 heteroatoms. The number of carbonyl (C=O) groups excluding carboxylic acids is 1. The summed E-state index contributed by atoms with van der Waals surface area (Å²) in [5.74, 6) is 0. The molecule has 0 heterocycles. The molecule has 0 rings (SSSR count). The fourth-order valence-corrected chi connectivity index (χ4v) is 2.79. The minimum absolute atomic E-state index is 0.350. The van der Waals surface area contributed by atoms with Crippen LogP contribution in [-0.2, 0) is 16.6 Å². The molecule has 84 valence electrons. The molecule has 0 aromatic heterocycles. The molecule has 0 spiro atoms. The van der Waals surface area contributed by atoms with Crippen LogP contribution in [0.4, 0.5) is 4.39 Å². The minimum Gasteiger partial charge on any atom is -0.333 e. The van der Waals surface area contributed by atoms with Crippen LogP contribution in [0, 0.1) is 0 Å². The third-order valence-electron chi connectivity index (χ3n) is 1.09. The van der Waals surface area contributed by atoms with E-state index in [1.54, 1.807) is 0 Å². The van der Waals surface area contributed by atoms with E-state index < -0.39 is 19.2 Å². The van der Waals surface area contributed by atoms with Gasteiger partial charge < -0.3 is 9.79 Å². The molecule has 0 fully saturated rings. The van der Waals surface area contributed by atoms with Crippen molar-refractivity contribution in [3.63, 3.8) is 0 Å². The summed E-state index contributed by atoms with van der Waals surface area (Å²) < 4.78 is 15.2. The van der Waals surface area contributed by atoms with E-state index in [0.717, 1.165) is 16.2 Å². The minimum atomic E-state index is -3.52. The molecule has 0 aromatic rings. The van der Waals surface area contributed by atoms with E-state index in [1.807, 2.05) is 6.92 Å². The Morgan fingerprint density at radius 2 is 2.29 bits per heavy atom. The summed E-state index contributed by atoms with van der Waals surface area (Å²) in [6.45, 7) is -1.82. The van der Waals surface area contributed by atoms with Crippen LogP contribution in [0.25, 0.3) is 0 Å². The van der Waals surface area contributed by atoms with Crippen LogP contribution in [-0.4, -0.2) is 33.0 Å². The molecule has 0 aliphatic heterocycles. The molecular formula is C5H12FN2O3PS2. The Bertz CT molecular complexity index is 237. The molecule has 3 N–H and O–H groups in total. The first kappa shape index (κ1) is 14.4. The fraction of sp³-hybridized carbons (Fsp3) is 0.800. The van der Waals surface area contributed by atoms with Gasteiger partial charge in [0.2, 0.25) is 0 Å². The van der Waals surface area contributed by atoms with Gasteiger partial charge in [0, 0.05) is 18.7 Å². The van der Waals surface area contributed by atoms with Gasteiger partial charge in [-0.2, -0.15) is 8.47 Å². The van der Waals surface area contributed by atoms with Gasteiger partial charge in [-0.25, -0.2) is 4.72 Å². The van der Waals surface area contributed by atoms with Crippen molar-refractivity contribution in [2.24, 2.45) is 0 Å². The average Bonchev–Trinajstić information content (AvgIpc) is 2.00. The molecule has 0 bridgehead atoms. The number of rotatable bonds is 7. The second-order valence-corrected chi connectivity index (χ2v) is 6.52. The van der Waals surface area contributed by atoms with Crippen molar-refractivity contribution in [3.05, 3.63) is 0 Å². The van der Waals surface area contributed by atoms with Crippen LogP contribution in [0.3, 0.4) is 0 Å². The Morgan fingerprint density at radius 3 is 2.64 bits per heavy atom. The van der Waals surface area contributed by atoms with Crippen molar-refractivity contribution < 1.29 is 19.0 Å². The fourth-order valence-electron chi connectivity index (χ4n) is 0.584. The topological polar surface area (TPSA) is 72.8 Å². The van der Waals surface area contributed by atoms with Gasteiger partial charge in [0.05, 0.1) is 6.54 Å². The van der Waals surface area contributed by atoms with Gasteiger partial charge in [0.25, 0.3) is 6.64 Å². The first-order chi connectivity index (χ1) is 6.38. The molecule has 0 amide bonds. The summed E-state index contributed by atoms with van der Waals surface area (Å²) in [5.41, 5.74) is 0. The Morgan fingerprint density at radius 1 is 1.71 bits per heavy atom. The lowest BCUT2D eigenvalue weighted by Gasteiger charge is -2.23. The molecule has 0 aliphatic rings. The summed E-state index contributed by atoms with van der Waals surface area (Å²) in [6, 6.07) is -1.52. The van der Waals surface area contributed by atoms with E-state index in [-0.39, 0.29) is 0 Å². The highest BCUT2D eigenvalue weighted by Gasteiger charge is 2.20. The number of nitrogens with zero attached hydrogens (tertiary/aromatic N) is 1. The van der Waals surface area contributed by atoms with E-state index in [0.29, 0.717) is 13.0 Å². The molecule has 0 saturated heterocycles. The Hall–Kier alpha value is 0.440. The quantitative estimate of drug-likeness (QED) is 0.351. The predicted molar refractivity (Wildman–Crippen MR) is 57.4 cm³/mol. The van der Waals surface area contributed by atoms with Gasteiger partial charge in [0.15, 0.2) is 0 Å². The van der Waals surface area contributed by atoms with Crippen LogP contribution >= 0.6 is 18.8 Å². The largest absolute Gasteiger partial charge is 0.333 e. The molecule has 14 heavy (non-hydrogen) atoms. The normalized spacial score (nSPS) is 12.1. The van der Waals surface area contributed by atoms with Crippen LogP contribution < -0.4 is 4.72 Å². The SMILES string of the molecule is CCCN(SNCC(=O)F)P(O)(O)=S. The lowest BCUT2D eigenvalue weighted by Crippen LogP contribution is -2.22. The summed E-state index contributed by atoms with van der Waals surface area (Å²) >= 11 is 5.21. The highest BCUT2D eigenvalue weighted by Crippen LogP contribution is 2.44. The van der Waals surface area contributed by atoms with Crippen LogP contribution in [0.1, 0.15) is 13.3 Å². The molecule has 0 radical (unpaired) electrons. The summed E-state index contributed by atoms with van der Waals surface area (Å²) in [4.78, 5) is 28.2. The van der Waals surface area contributed by atoms with E-state index in [4.69, 9.17) is 9.79 Å². The van der Waals surface area contributed by atoms with E-state index in [1.165, 1.54) is 0 Å². The highest BCUT2D eigenvalue weighted by molar-refractivity contribution is 8.14. The van der Waals surface area contributed by atoms with Crippen molar-refractivity contribution in [2.75, 3.05) is 13.1 Å². The van der Waals surface area contributed by atoms with Gasteiger partial charge in [0.1, 0.15) is 0 Å². The second kappa shape index (κ2) is 6.84. The van der Waals surface area contributed by atoms with Crippen molar-refractivity contribution in [2.45, 2.75) is 13.3 Å². The molecule has 0 atom stereocenters. The van der Waals surface area contributed by atoms with Gasteiger partial charge in [-0.3, -0.25) is 4.79 Å². The maximum absolute atomic E-state index is 11.8. The van der Waals surface area contributed by atoms with Gasteiger partial charge >= 0.3 is 6.04 Å². The predicted octanol–water partition coefficient (Wildman–Crippen LogP) is 0.556. The summed E-state index contributed by atoms with van der Waals surface area (Å²) in [7, 11) is 0. The first-order valence-electron chi connectivity index (χ1n) is 3.79. The molecule has 0 aromatic carbocycles. The van der Waals surface area contributed by atoms with Crippen LogP contribution in [0.5, 0.6) is 0 Å². The average molecular weight is 262 g/mol. The van der Waals surface area contributed by atoms with Crippen LogP contribution in [0.15, 0.2) is 0 Å². The van der Waals surface area contributed by atoms with Gasteiger partial charge in [-0.1, -0.05) is 6.92 Å². The number of hydrogen-bond donors (Lipinski definition) is 3. The van der Waals surface area contributed by atoms with Crippen molar-refractivity contribution in [1.29, 1.82) is 0 Å². The Kier molecular flexibility index (Phi) is 7.05. The van der Waals surface area contributed by atoms with E-state index in [2.05, 4.69) is 16.5 Å². The number of halogens is 1. The van der Waals surface area contributed by atoms with E-state index in [9.17, 15) is 9.18 Å². The molecule has 0 saturated carbocycles. The van der Waals surface area contributed by atoms with Gasteiger partial charge in [-0.05, 0) is 18.2 Å². The zero-order valence-electron chi connectivity index (χ0n) is 7.51. The lowest BCUT2D eigenvalue weighted by atomic mass is 10.5. The third-order valence-corrected chi connectivity index (χ3v) is 4.36. The smallest absolute Gasteiger partial charge is 0.316 e. The Balaban J connectivity index is 3.98. The summed E-state index contributed by atoms with van der Waals surface area (Å²) in [5, 5.41) is 0. The van der Waals surface area contributed by atoms with Crippen molar-refractivity contribution in [1.82, 2.24) is 8.80 Å². The number of nitrogens with one attached hydrogen (secondary N) is 1. The van der Waals surface area contributed by atoms with Crippen LogP contribution in [0.2, 0.25) is 0 Å². The zero-order valence-corrected chi connectivity index (χ0v) is 10.0. The standard InChI is InChI=1S/C5H12FN2O3PS2/c1-2-3-8(12(10,11)13)14-7-4-5(6)9/h7H,2-4H2,1H3,(H2,10,11,13). The molecular weight excluding hydrogens is 250 g/mol. The second-order valence-electron chi connectivity index (χ2n) is 2.36. The van der Waals surface area contributed by atoms with Crippen molar-refractivity contribution in [3.8, 4) is 0 Å². The number of carbonyl (C=O) groups is 1. The number of hydrogen-bond acceptors (Lipinski definition) is 4. The first-order valence-corrected chi connectivity index (χ1v) is 7.23. The molecule has 0 unspecified atom stereocenters. The lowest BCUT2D eigenvalue weighted by molar-refractivity contribution is -0.127. The highest BCUT2D eigenvalue weighted by atomic mass is 32.5. The Labute approximate surface area is 91.2 Å². The maximum Gasteiger partial charge on any atom is 0.316 e. The monoisotopic (exact) mass is 262 g/mol. The van der Waals surface area contributed by atoms with Crippen molar-refractivity contribution >= 4 is 36.6 Å². The summed E-state index contributed by atoms with van der Waals surface area (Å²) in [6.07, 6.45) is 0.664.